The summed E-state index contributed by atoms with van der Waals surface area (Å²) in [6.07, 6.45) is 4.65. The van der Waals surface area contributed by atoms with Crippen LogP contribution in [-0.2, 0) is 6.42 Å². The highest BCUT2D eigenvalue weighted by Gasteiger charge is 2.27. The molecule has 2 atom stereocenters. The molecule has 4 rings (SSSR count). The standard InChI is InChI=1S/C25H30N4O4/c1-3-24-26-11-13-29(24)25(18(2)31)23-15-21(33-27-23)10-7-19-5-8-20(9-6-19)32-22-16-28(17-22)12-4-14-30/h5-6,8-9,11,13,15,18,22,25,30-31H,3-4,12,14,16-17H2,1-2H3. The molecule has 8 heteroatoms. The smallest absolute Gasteiger partial charge is 0.210 e. The van der Waals surface area contributed by atoms with Gasteiger partial charge in [-0.2, -0.15) is 0 Å². The average Bonchev–Trinajstić information content (AvgIpc) is 3.44. The molecule has 0 saturated carbocycles. The number of imidazole rings is 1. The Bertz CT molecular complexity index is 1090. The molecule has 2 unspecified atom stereocenters. The number of ether oxygens (including phenoxy) is 1. The number of nitrogens with zero attached hydrogens (tertiary/aromatic N) is 4. The predicted octanol–water partition coefficient (Wildman–Crippen LogP) is 2.25. The Morgan fingerprint density at radius 1 is 1.24 bits per heavy atom. The lowest BCUT2D eigenvalue weighted by Crippen LogP contribution is -2.53. The second-order valence-electron chi connectivity index (χ2n) is 8.26. The summed E-state index contributed by atoms with van der Waals surface area (Å²) in [5.41, 5.74) is 1.45. The third-order valence-corrected chi connectivity index (χ3v) is 5.70. The van der Waals surface area contributed by atoms with E-state index in [1.807, 2.05) is 42.0 Å². The van der Waals surface area contributed by atoms with E-state index in [2.05, 4.69) is 26.9 Å². The van der Waals surface area contributed by atoms with Crippen LogP contribution in [0.15, 0.2) is 47.2 Å². The molecule has 1 aromatic carbocycles. The summed E-state index contributed by atoms with van der Waals surface area (Å²) in [4.78, 5) is 6.61. The van der Waals surface area contributed by atoms with E-state index in [1.165, 1.54) is 0 Å². The van der Waals surface area contributed by atoms with Crippen molar-refractivity contribution in [3.63, 3.8) is 0 Å². The van der Waals surface area contributed by atoms with Crippen molar-refractivity contribution in [2.24, 2.45) is 0 Å². The van der Waals surface area contributed by atoms with Crippen LogP contribution < -0.4 is 4.74 Å². The first-order valence-corrected chi connectivity index (χ1v) is 11.4. The summed E-state index contributed by atoms with van der Waals surface area (Å²) >= 11 is 0. The van der Waals surface area contributed by atoms with E-state index < -0.39 is 6.10 Å². The average molecular weight is 451 g/mol. The molecule has 0 bridgehead atoms. The summed E-state index contributed by atoms with van der Waals surface area (Å²) in [6, 6.07) is 9.05. The van der Waals surface area contributed by atoms with Gasteiger partial charge in [-0.05, 0) is 43.5 Å². The summed E-state index contributed by atoms with van der Waals surface area (Å²) in [5.74, 6) is 8.22. The number of likely N-dealkylation sites (tertiary alicyclic amines) is 1. The van der Waals surface area contributed by atoms with Crippen molar-refractivity contribution in [1.82, 2.24) is 19.6 Å². The van der Waals surface area contributed by atoms with Gasteiger partial charge in [0, 0.05) is 56.7 Å². The van der Waals surface area contributed by atoms with Gasteiger partial charge in [-0.1, -0.05) is 18.0 Å². The molecule has 3 aromatic rings. The van der Waals surface area contributed by atoms with Crippen molar-refractivity contribution >= 4 is 0 Å². The third-order valence-electron chi connectivity index (χ3n) is 5.70. The monoisotopic (exact) mass is 450 g/mol. The van der Waals surface area contributed by atoms with Crippen LogP contribution in [0.5, 0.6) is 5.75 Å². The van der Waals surface area contributed by atoms with Crippen LogP contribution in [-0.4, -0.2) is 68.3 Å². The van der Waals surface area contributed by atoms with Gasteiger partial charge >= 0.3 is 0 Å². The van der Waals surface area contributed by atoms with Crippen molar-refractivity contribution in [2.45, 2.75) is 44.9 Å². The van der Waals surface area contributed by atoms with Crippen molar-refractivity contribution < 1.29 is 19.5 Å². The maximum Gasteiger partial charge on any atom is 0.210 e. The Hall–Kier alpha value is -3.12. The number of aromatic nitrogens is 3. The molecular formula is C25H30N4O4. The quantitative estimate of drug-likeness (QED) is 0.483. The minimum atomic E-state index is -0.666. The van der Waals surface area contributed by atoms with E-state index in [0.29, 0.717) is 11.5 Å². The number of rotatable bonds is 9. The Balaban J connectivity index is 1.37. The Morgan fingerprint density at radius 2 is 2.03 bits per heavy atom. The Morgan fingerprint density at radius 3 is 2.73 bits per heavy atom. The van der Waals surface area contributed by atoms with Gasteiger partial charge < -0.3 is 24.0 Å². The zero-order chi connectivity index (χ0) is 23.2. The lowest BCUT2D eigenvalue weighted by molar-refractivity contribution is 0.0167. The van der Waals surface area contributed by atoms with Crippen LogP contribution in [0.1, 0.15) is 49.2 Å². The van der Waals surface area contributed by atoms with Crippen LogP contribution in [0.4, 0.5) is 0 Å². The summed E-state index contributed by atoms with van der Waals surface area (Å²) in [5, 5.41) is 23.4. The molecule has 2 N–H and O–H groups in total. The topological polar surface area (TPSA) is 96.8 Å². The number of aryl methyl sites for hydroxylation is 1. The Labute approximate surface area is 193 Å². The van der Waals surface area contributed by atoms with Crippen molar-refractivity contribution in [1.29, 1.82) is 0 Å². The van der Waals surface area contributed by atoms with Crippen LogP contribution in [0.2, 0.25) is 0 Å². The fourth-order valence-corrected chi connectivity index (χ4v) is 4.00. The minimum absolute atomic E-state index is 0.193. The van der Waals surface area contributed by atoms with Gasteiger partial charge in [0.05, 0.1) is 6.10 Å². The third kappa shape index (κ3) is 5.63. The number of aliphatic hydroxyl groups is 2. The molecular weight excluding hydrogens is 420 g/mol. The molecule has 2 aromatic heterocycles. The molecule has 0 amide bonds. The van der Waals surface area contributed by atoms with E-state index in [1.54, 1.807) is 19.2 Å². The first-order chi connectivity index (χ1) is 16.1. The first-order valence-electron chi connectivity index (χ1n) is 11.4. The lowest BCUT2D eigenvalue weighted by Gasteiger charge is -2.38. The lowest BCUT2D eigenvalue weighted by atomic mass is 10.1. The molecule has 174 valence electrons. The van der Waals surface area contributed by atoms with E-state index in [9.17, 15) is 5.11 Å². The van der Waals surface area contributed by atoms with Crippen LogP contribution >= 0.6 is 0 Å². The normalized spacial score (nSPS) is 16.0. The van der Waals surface area contributed by atoms with E-state index in [4.69, 9.17) is 14.4 Å². The highest BCUT2D eigenvalue weighted by atomic mass is 16.5. The largest absolute Gasteiger partial charge is 0.488 e. The zero-order valence-electron chi connectivity index (χ0n) is 19.0. The van der Waals surface area contributed by atoms with Crippen LogP contribution in [0, 0.1) is 11.8 Å². The Kier molecular flexibility index (Phi) is 7.45. The SMILES string of the molecule is CCc1nccn1C(c1cc(C#Cc2ccc(OC3CN(CCCO)C3)cc2)on1)C(C)O. The molecule has 1 aliphatic rings. The fourth-order valence-electron chi connectivity index (χ4n) is 4.00. The van der Waals surface area contributed by atoms with Crippen LogP contribution in [0.25, 0.3) is 0 Å². The fraction of sp³-hybridized carbons (Fsp3) is 0.440. The minimum Gasteiger partial charge on any atom is -0.488 e. The molecule has 0 radical (unpaired) electrons. The highest BCUT2D eigenvalue weighted by Crippen LogP contribution is 2.24. The van der Waals surface area contributed by atoms with Crippen molar-refractivity contribution in [2.75, 3.05) is 26.2 Å². The summed E-state index contributed by atoms with van der Waals surface area (Å²) in [6.45, 7) is 6.67. The highest BCUT2D eigenvalue weighted by molar-refractivity contribution is 5.42. The van der Waals surface area contributed by atoms with Gasteiger partial charge in [-0.3, -0.25) is 4.90 Å². The van der Waals surface area contributed by atoms with Gasteiger partial charge in [0.2, 0.25) is 5.76 Å². The molecule has 8 nitrogen and oxygen atoms in total. The van der Waals surface area contributed by atoms with E-state index >= 15 is 0 Å². The first kappa shape index (κ1) is 23.1. The number of hydrogen-bond acceptors (Lipinski definition) is 7. The van der Waals surface area contributed by atoms with Crippen LogP contribution in [0.3, 0.4) is 0 Å². The van der Waals surface area contributed by atoms with E-state index in [0.717, 1.165) is 49.6 Å². The van der Waals surface area contributed by atoms with Crippen molar-refractivity contribution in [3.8, 4) is 17.6 Å². The molecule has 0 spiro atoms. The predicted molar refractivity (Wildman–Crippen MR) is 123 cm³/mol. The zero-order valence-corrected chi connectivity index (χ0v) is 19.0. The number of hydrogen-bond donors (Lipinski definition) is 2. The molecule has 1 saturated heterocycles. The van der Waals surface area contributed by atoms with Gasteiger partial charge in [0.15, 0.2) is 0 Å². The summed E-state index contributed by atoms with van der Waals surface area (Å²) < 4.78 is 13.3. The number of aliphatic hydroxyl groups excluding tert-OH is 2. The molecule has 3 heterocycles. The second kappa shape index (κ2) is 10.7. The van der Waals surface area contributed by atoms with Crippen molar-refractivity contribution in [3.05, 3.63) is 65.6 Å². The molecule has 33 heavy (non-hydrogen) atoms. The molecule has 1 aliphatic heterocycles. The van der Waals surface area contributed by atoms with E-state index in [-0.39, 0.29) is 18.8 Å². The van der Waals surface area contributed by atoms with Gasteiger partial charge in [0.1, 0.15) is 29.4 Å². The number of benzene rings is 1. The van der Waals surface area contributed by atoms with Gasteiger partial charge in [0.25, 0.3) is 0 Å². The maximum absolute atomic E-state index is 10.3. The molecule has 0 aliphatic carbocycles. The van der Waals surface area contributed by atoms with Gasteiger partial charge in [-0.15, -0.1) is 0 Å². The summed E-state index contributed by atoms with van der Waals surface area (Å²) in [7, 11) is 0. The second-order valence-corrected chi connectivity index (χ2v) is 8.26. The van der Waals surface area contributed by atoms with Gasteiger partial charge in [-0.25, -0.2) is 4.98 Å². The maximum atomic E-state index is 10.3. The molecule has 1 fully saturated rings.